The SMILES string of the molecule is COCCOC(=N)c1ccc(-c2cn(-c3ccc(C(=N)OCCOC)cc3)c(SCCO)n2)cc1. The summed E-state index contributed by atoms with van der Waals surface area (Å²) in [5.41, 5.74) is 3.88. The largest absolute Gasteiger partial charge is 0.475 e. The molecule has 10 heteroatoms. The minimum absolute atomic E-state index is 0.0433. The Bertz CT molecular complexity index is 1100. The lowest BCUT2D eigenvalue weighted by molar-refractivity contribution is 0.141. The van der Waals surface area contributed by atoms with Crippen LogP contribution in [0.15, 0.2) is 59.9 Å². The number of hydrogen-bond donors (Lipinski definition) is 3. The fraction of sp³-hybridized carbons (Fsp3) is 0.320. The predicted octanol–water partition coefficient (Wildman–Crippen LogP) is 3.60. The van der Waals surface area contributed by atoms with Crippen LogP contribution in [-0.2, 0) is 18.9 Å². The Morgan fingerprint density at radius 2 is 1.40 bits per heavy atom. The summed E-state index contributed by atoms with van der Waals surface area (Å²) in [4.78, 5) is 4.77. The van der Waals surface area contributed by atoms with E-state index in [9.17, 15) is 5.11 Å². The zero-order valence-corrected chi connectivity index (χ0v) is 20.6. The number of aliphatic hydroxyl groups is 1. The molecule has 0 saturated heterocycles. The topological polar surface area (TPSA) is 123 Å². The molecule has 0 aliphatic heterocycles. The van der Waals surface area contributed by atoms with Gasteiger partial charge in [0.25, 0.3) is 0 Å². The molecule has 0 atom stereocenters. The molecule has 0 radical (unpaired) electrons. The van der Waals surface area contributed by atoms with Crippen LogP contribution in [-0.4, -0.2) is 79.5 Å². The molecule has 0 aliphatic carbocycles. The Hall–Kier alpha value is -3.18. The monoisotopic (exact) mass is 498 g/mol. The van der Waals surface area contributed by atoms with Crippen LogP contribution < -0.4 is 0 Å². The van der Waals surface area contributed by atoms with E-state index in [0.29, 0.717) is 43.3 Å². The second-order valence-corrected chi connectivity index (χ2v) is 8.38. The van der Waals surface area contributed by atoms with Crippen molar-refractivity contribution in [1.82, 2.24) is 9.55 Å². The summed E-state index contributed by atoms with van der Waals surface area (Å²) in [7, 11) is 3.18. The van der Waals surface area contributed by atoms with Gasteiger partial charge in [0.2, 0.25) is 11.8 Å². The number of hydrogen-bond acceptors (Lipinski definition) is 9. The standard InChI is InChI=1S/C25H30N4O5S/c1-31-12-14-33-23(26)19-5-3-18(4-6-19)22-17-29(25(28-22)35-16-11-30)21-9-7-20(8-10-21)24(27)34-15-13-32-2/h3-10,17,26-27,30H,11-16H2,1-2H3. The first-order valence-corrected chi connectivity index (χ1v) is 12.0. The van der Waals surface area contributed by atoms with Crippen molar-refractivity contribution in [3.05, 3.63) is 65.9 Å². The van der Waals surface area contributed by atoms with E-state index >= 15 is 0 Å². The third-order valence-corrected chi connectivity index (χ3v) is 5.85. The Morgan fingerprint density at radius 3 is 1.91 bits per heavy atom. The van der Waals surface area contributed by atoms with Crippen LogP contribution in [0.4, 0.5) is 0 Å². The van der Waals surface area contributed by atoms with Gasteiger partial charge in [-0.3, -0.25) is 15.4 Å². The van der Waals surface area contributed by atoms with E-state index in [4.69, 9.17) is 34.7 Å². The van der Waals surface area contributed by atoms with Gasteiger partial charge in [-0.2, -0.15) is 0 Å². The molecule has 0 fully saturated rings. The number of benzene rings is 2. The van der Waals surface area contributed by atoms with Crippen molar-refractivity contribution >= 4 is 23.6 Å². The van der Waals surface area contributed by atoms with E-state index < -0.39 is 0 Å². The molecule has 0 amide bonds. The van der Waals surface area contributed by atoms with Crippen molar-refractivity contribution < 1.29 is 24.1 Å². The number of thioether (sulfide) groups is 1. The zero-order chi connectivity index (χ0) is 25.0. The van der Waals surface area contributed by atoms with Gasteiger partial charge in [-0.15, -0.1) is 0 Å². The van der Waals surface area contributed by atoms with Crippen LogP contribution >= 0.6 is 11.8 Å². The maximum atomic E-state index is 9.31. The summed E-state index contributed by atoms with van der Waals surface area (Å²) in [6.45, 7) is 1.54. The first-order chi connectivity index (χ1) is 17.1. The molecule has 3 aromatic rings. The highest BCUT2D eigenvalue weighted by Gasteiger charge is 2.13. The van der Waals surface area contributed by atoms with Crippen LogP contribution in [0.3, 0.4) is 0 Å². The fourth-order valence-corrected chi connectivity index (χ4v) is 3.85. The number of nitrogens with zero attached hydrogens (tertiary/aromatic N) is 2. The minimum atomic E-state index is 0.0433. The van der Waals surface area contributed by atoms with Gasteiger partial charge in [-0.1, -0.05) is 23.9 Å². The Balaban J connectivity index is 1.80. The molecule has 2 aromatic carbocycles. The van der Waals surface area contributed by atoms with Crippen molar-refractivity contribution in [3.8, 4) is 16.9 Å². The zero-order valence-electron chi connectivity index (χ0n) is 19.8. The van der Waals surface area contributed by atoms with Gasteiger partial charge in [-0.25, -0.2) is 4.98 Å². The first-order valence-electron chi connectivity index (χ1n) is 11.0. The number of imidazole rings is 1. The van der Waals surface area contributed by atoms with Gasteiger partial charge in [0.05, 0.1) is 25.5 Å². The summed E-state index contributed by atoms with van der Waals surface area (Å²) >= 11 is 1.46. The molecule has 0 saturated carbocycles. The maximum absolute atomic E-state index is 9.31. The van der Waals surface area contributed by atoms with Crippen LogP contribution in [0.25, 0.3) is 16.9 Å². The van der Waals surface area contributed by atoms with Crippen molar-refractivity contribution in [3.63, 3.8) is 0 Å². The van der Waals surface area contributed by atoms with E-state index in [1.807, 2.05) is 59.3 Å². The van der Waals surface area contributed by atoms with Crippen molar-refractivity contribution in [2.24, 2.45) is 0 Å². The number of ether oxygens (including phenoxy) is 4. The average Bonchev–Trinajstić information content (AvgIpc) is 3.32. The number of aromatic nitrogens is 2. The number of rotatable bonds is 13. The molecule has 9 nitrogen and oxygen atoms in total. The highest BCUT2D eigenvalue weighted by Crippen LogP contribution is 2.28. The lowest BCUT2D eigenvalue weighted by Crippen LogP contribution is -2.10. The highest BCUT2D eigenvalue weighted by molar-refractivity contribution is 7.99. The molecule has 0 aliphatic rings. The van der Waals surface area contributed by atoms with Crippen LogP contribution in [0.2, 0.25) is 0 Å². The summed E-state index contributed by atoms with van der Waals surface area (Å²) in [6, 6.07) is 14.9. The van der Waals surface area contributed by atoms with Gasteiger partial charge in [0, 0.05) is 48.5 Å². The third kappa shape index (κ3) is 7.40. The van der Waals surface area contributed by atoms with Crippen molar-refractivity contribution in [2.75, 3.05) is 53.0 Å². The summed E-state index contributed by atoms with van der Waals surface area (Å²) in [6.07, 6.45) is 1.94. The Morgan fingerprint density at radius 1 is 0.857 bits per heavy atom. The summed E-state index contributed by atoms with van der Waals surface area (Å²) in [5.74, 6) is 0.698. The summed E-state index contributed by atoms with van der Waals surface area (Å²) < 4.78 is 22.6. The molecular weight excluding hydrogens is 468 g/mol. The van der Waals surface area contributed by atoms with E-state index in [2.05, 4.69) is 0 Å². The molecular formula is C25H30N4O5S. The molecule has 3 rings (SSSR count). The van der Waals surface area contributed by atoms with E-state index in [1.165, 1.54) is 11.8 Å². The lowest BCUT2D eigenvalue weighted by atomic mass is 10.1. The van der Waals surface area contributed by atoms with Gasteiger partial charge >= 0.3 is 0 Å². The van der Waals surface area contributed by atoms with Crippen LogP contribution in [0.1, 0.15) is 11.1 Å². The smallest absolute Gasteiger partial charge is 0.213 e. The van der Waals surface area contributed by atoms with Crippen molar-refractivity contribution in [2.45, 2.75) is 5.16 Å². The second-order valence-electron chi connectivity index (χ2n) is 7.32. The first kappa shape index (κ1) is 26.4. The molecule has 0 unspecified atom stereocenters. The van der Waals surface area contributed by atoms with E-state index in [0.717, 1.165) is 22.1 Å². The normalized spacial score (nSPS) is 10.8. The quantitative estimate of drug-likeness (QED) is 0.142. The Labute approximate surface area is 209 Å². The number of methoxy groups -OCH3 is 2. The van der Waals surface area contributed by atoms with Gasteiger partial charge in [-0.05, 0) is 36.4 Å². The Kier molecular flexibility index (Phi) is 10.3. The van der Waals surface area contributed by atoms with E-state index in [1.54, 1.807) is 14.2 Å². The van der Waals surface area contributed by atoms with Crippen LogP contribution in [0, 0.1) is 10.8 Å². The lowest BCUT2D eigenvalue weighted by Gasteiger charge is -2.10. The second kappa shape index (κ2) is 13.6. The fourth-order valence-electron chi connectivity index (χ4n) is 3.11. The molecule has 0 spiro atoms. The molecule has 1 aromatic heterocycles. The van der Waals surface area contributed by atoms with E-state index in [-0.39, 0.29) is 18.4 Å². The average molecular weight is 499 g/mol. The van der Waals surface area contributed by atoms with Crippen LogP contribution in [0.5, 0.6) is 0 Å². The molecule has 3 N–H and O–H groups in total. The predicted molar refractivity (Wildman–Crippen MR) is 136 cm³/mol. The third-order valence-electron chi connectivity index (χ3n) is 4.91. The molecule has 186 valence electrons. The number of nitrogens with one attached hydrogen (secondary N) is 2. The molecule has 1 heterocycles. The maximum Gasteiger partial charge on any atom is 0.213 e. The van der Waals surface area contributed by atoms with Crippen molar-refractivity contribution in [1.29, 1.82) is 10.8 Å². The minimum Gasteiger partial charge on any atom is -0.475 e. The summed E-state index contributed by atoms with van der Waals surface area (Å²) in [5, 5.41) is 26.2. The van der Waals surface area contributed by atoms with Gasteiger partial charge in [0.1, 0.15) is 13.2 Å². The number of aliphatic hydroxyl groups excluding tert-OH is 1. The molecule has 35 heavy (non-hydrogen) atoms. The van der Waals surface area contributed by atoms with Gasteiger partial charge < -0.3 is 24.1 Å². The highest BCUT2D eigenvalue weighted by atomic mass is 32.2. The van der Waals surface area contributed by atoms with Gasteiger partial charge in [0.15, 0.2) is 5.16 Å². The molecule has 0 bridgehead atoms.